The molecule has 0 aliphatic carbocycles. The number of methoxy groups -OCH3 is 1. The SMILES string of the molecule is COc1ccc(C)cc1NC(=O)c1ccns1. The van der Waals surface area contributed by atoms with Crippen molar-refractivity contribution in [3.63, 3.8) is 0 Å². The fourth-order valence-corrected chi connectivity index (χ4v) is 1.93. The molecule has 88 valence electrons. The van der Waals surface area contributed by atoms with Gasteiger partial charge in [0.1, 0.15) is 10.6 Å². The summed E-state index contributed by atoms with van der Waals surface area (Å²) in [6, 6.07) is 7.32. The number of anilines is 1. The largest absolute Gasteiger partial charge is 0.495 e. The quantitative estimate of drug-likeness (QED) is 0.908. The van der Waals surface area contributed by atoms with E-state index in [1.807, 2.05) is 25.1 Å². The van der Waals surface area contributed by atoms with Crippen molar-refractivity contribution in [2.24, 2.45) is 0 Å². The molecule has 0 fully saturated rings. The molecule has 2 aromatic rings. The molecule has 2 rings (SSSR count). The Hall–Kier alpha value is -1.88. The van der Waals surface area contributed by atoms with Crippen LogP contribution in [-0.4, -0.2) is 17.4 Å². The zero-order chi connectivity index (χ0) is 12.3. The second-order valence-electron chi connectivity index (χ2n) is 3.53. The highest BCUT2D eigenvalue weighted by Crippen LogP contribution is 2.25. The molecule has 0 aliphatic rings. The van der Waals surface area contributed by atoms with Gasteiger partial charge in [0.25, 0.3) is 5.91 Å². The van der Waals surface area contributed by atoms with Gasteiger partial charge in [-0.2, -0.15) is 0 Å². The third-order valence-electron chi connectivity index (χ3n) is 2.26. The maximum atomic E-state index is 11.9. The third kappa shape index (κ3) is 2.62. The zero-order valence-electron chi connectivity index (χ0n) is 9.56. The Morgan fingerprint density at radius 1 is 1.41 bits per heavy atom. The number of amides is 1. The summed E-state index contributed by atoms with van der Waals surface area (Å²) < 4.78 is 9.09. The van der Waals surface area contributed by atoms with Crippen molar-refractivity contribution in [2.45, 2.75) is 6.92 Å². The van der Waals surface area contributed by atoms with Gasteiger partial charge in [-0.1, -0.05) is 6.07 Å². The lowest BCUT2D eigenvalue weighted by Crippen LogP contribution is -2.11. The molecule has 0 saturated carbocycles. The molecule has 0 unspecified atom stereocenters. The van der Waals surface area contributed by atoms with Gasteiger partial charge in [-0.25, -0.2) is 4.37 Å². The maximum Gasteiger partial charge on any atom is 0.267 e. The number of rotatable bonds is 3. The maximum absolute atomic E-state index is 11.9. The van der Waals surface area contributed by atoms with Crippen molar-refractivity contribution in [3.05, 3.63) is 40.9 Å². The Balaban J connectivity index is 2.23. The number of ether oxygens (including phenoxy) is 1. The first-order chi connectivity index (χ1) is 8.20. The monoisotopic (exact) mass is 248 g/mol. The molecule has 0 atom stereocenters. The predicted octanol–water partition coefficient (Wildman–Crippen LogP) is 2.71. The van der Waals surface area contributed by atoms with Crippen LogP contribution in [0.5, 0.6) is 5.75 Å². The van der Waals surface area contributed by atoms with Crippen LogP contribution in [0.25, 0.3) is 0 Å². The lowest BCUT2D eigenvalue weighted by atomic mass is 10.2. The molecule has 1 aromatic heterocycles. The van der Waals surface area contributed by atoms with Gasteiger partial charge < -0.3 is 10.1 Å². The fraction of sp³-hybridized carbons (Fsp3) is 0.167. The van der Waals surface area contributed by atoms with Gasteiger partial charge in [0.05, 0.1) is 12.8 Å². The highest BCUT2D eigenvalue weighted by molar-refractivity contribution is 7.08. The van der Waals surface area contributed by atoms with Crippen LogP contribution in [-0.2, 0) is 0 Å². The van der Waals surface area contributed by atoms with Gasteiger partial charge in [-0.3, -0.25) is 4.79 Å². The van der Waals surface area contributed by atoms with Crippen LogP contribution in [0, 0.1) is 6.92 Å². The molecule has 5 heteroatoms. The van der Waals surface area contributed by atoms with E-state index in [-0.39, 0.29) is 5.91 Å². The van der Waals surface area contributed by atoms with Crippen LogP contribution in [0.3, 0.4) is 0 Å². The van der Waals surface area contributed by atoms with E-state index in [4.69, 9.17) is 4.74 Å². The molecule has 1 heterocycles. The number of aryl methyl sites for hydroxylation is 1. The second-order valence-corrected chi connectivity index (χ2v) is 4.37. The summed E-state index contributed by atoms with van der Waals surface area (Å²) in [6.07, 6.45) is 1.60. The van der Waals surface area contributed by atoms with Crippen LogP contribution < -0.4 is 10.1 Å². The lowest BCUT2D eigenvalue weighted by molar-refractivity contribution is 0.103. The predicted molar refractivity (Wildman–Crippen MR) is 67.8 cm³/mol. The Kier molecular flexibility index (Phi) is 3.39. The van der Waals surface area contributed by atoms with E-state index in [1.54, 1.807) is 19.4 Å². The Morgan fingerprint density at radius 2 is 2.24 bits per heavy atom. The van der Waals surface area contributed by atoms with Crippen molar-refractivity contribution in [1.82, 2.24) is 4.37 Å². The minimum Gasteiger partial charge on any atom is -0.495 e. The molecule has 1 amide bonds. The number of nitrogens with zero attached hydrogens (tertiary/aromatic N) is 1. The summed E-state index contributed by atoms with van der Waals surface area (Å²) in [5.41, 5.74) is 1.73. The van der Waals surface area contributed by atoms with Gasteiger partial charge in [-0.05, 0) is 42.2 Å². The first-order valence-corrected chi connectivity index (χ1v) is 5.84. The van der Waals surface area contributed by atoms with Crippen LogP contribution in [0.15, 0.2) is 30.5 Å². The number of hydrogen-bond acceptors (Lipinski definition) is 4. The minimum absolute atomic E-state index is 0.170. The molecule has 1 N–H and O–H groups in total. The van der Waals surface area contributed by atoms with Crippen molar-refractivity contribution in [1.29, 1.82) is 0 Å². The standard InChI is InChI=1S/C12H12N2O2S/c1-8-3-4-10(16-2)9(7-8)14-12(15)11-5-6-13-17-11/h3-7H,1-2H3,(H,14,15). The molecule has 0 saturated heterocycles. The average Bonchev–Trinajstić information content (AvgIpc) is 2.83. The van der Waals surface area contributed by atoms with Crippen molar-refractivity contribution >= 4 is 23.1 Å². The van der Waals surface area contributed by atoms with E-state index in [2.05, 4.69) is 9.69 Å². The molecule has 17 heavy (non-hydrogen) atoms. The Morgan fingerprint density at radius 3 is 2.88 bits per heavy atom. The summed E-state index contributed by atoms with van der Waals surface area (Å²) in [5.74, 6) is 0.477. The van der Waals surface area contributed by atoms with Gasteiger partial charge in [-0.15, -0.1) is 0 Å². The molecule has 1 aromatic carbocycles. The first-order valence-electron chi connectivity index (χ1n) is 5.07. The number of nitrogens with one attached hydrogen (secondary N) is 1. The third-order valence-corrected chi connectivity index (χ3v) is 3.01. The molecule has 4 nitrogen and oxygen atoms in total. The van der Waals surface area contributed by atoms with Gasteiger partial charge >= 0.3 is 0 Å². The van der Waals surface area contributed by atoms with Gasteiger partial charge in [0.15, 0.2) is 0 Å². The molecule has 0 radical (unpaired) electrons. The lowest BCUT2D eigenvalue weighted by Gasteiger charge is -2.09. The number of hydrogen-bond donors (Lipinski definition) is 1. The van der Waals surface area contributed by atoms with E-state index < -0.39 is 0 Å². The Labute approximate surface area is 103 Å². The smallest absolute Gasteiger partial charge is 0.267 e. The number of carbonyl (C=O) groups is 1. The fourth-order valence-electron chi connectivity index (χ4n) is 1.44. The first kappa shape index (κ1) is 11.6. The van der Waals surface area contributed by atoms with E-state index in [1.165, 1.54) is 11.5 Å². The van der Waals surface area contributed by atoms with Crippen molar-refractivity contribution < 1.29 is 9.53 Å². The van der Waals surface area contributed by atoms with Crippen molar-refractivity contribution in [2.75, 3.05) is 12.4 Å². The second kappa shape index (κ2) is 4.97. The average molecular weight is 248 g/mol. The van der Waals surface area contributed by atoms with Crippen LogP contribution in [0.1, 0.15) is 15.2 Å². The minimum atomic E-state index is -0.170. The molecule has 0 bridgehead atoms. The summed E-state index contributed by atoms with van der Waals surface area (Å²) in [6.45, 7) is 1.96. The number of aromatic nitrogens is 1. The summed E-state index contributed by atoms with van der Waals surface area (Å²) in [7, 11) is 1.58. The van der Waals surface area contributed by atoms with E-state index >= 15 is 0 Å². The van der Waals surface area contributed by atoms with Gasteiger partial charge in [0, 0.05) is 6.20 Å². The van der Waals surface area contributed by atoms with E-state index in [0.29, 0.717) is 16.3 Å². The normalized spacial score (nSPS) is 10.0. The highest BCUT2D eigenvalue weighted by atomic mass is 32.1. The summed E-state index contributed by atoms with van der Waals surface area (Å²) in [4.78, 5) is 12.4. The molecular formula is C12H12N2O2S. The van der Waals surface area contributed by atoms with Crippen LogP contribution in [0.2, 0.25) is 0 Å². The van der Waals surface area contributed by atoms with Gasteiger partial charge in [0.2, 0.25) is 0 Å². The topological polar surface area (TPSA) is 51.2 Å². The molecular weight excluding hydrogens is 236 g/mol. The highest BCUT2D eigenvalue weighted by Gasteiger charge is 2.10. The van der Waals surface area contributed by atoms with Crippen LogP contribution in [0.4, 0.5) is 5.69 Å². The van der Waals surface area contributed by atoms with Crippen molar-refractivity contribution in [3.8, 4) is 5.75 Å². The van der Waals surface area contributed by atoms with E-state index in [9.17, 15) is 4.79 Å². The van der Waals surface area contributed by atoms with E-state index in [0.717, 1.165) is 5.56 Å². The van der Waals surface area contributed by atoms with Crippen LogP contribution >= 0.6 is 11.5 Å². The zero-order valence-corrected chi connectivity index (χ0v) is 10.4. The molecule has 0 aliphatic heterocycles. The number of benzene rings is 1. The number of carbonyl (C=O) groups excluding carboxylic acids is 1. The molecule has 0 spiro atoms. The summed E-state index contributed by atoms with van der Waals surface area (Å²) >= 11 is 1.17. The summed E-state index contributed by atoms with van der Waals surface area (Å²) in [5, 5.41) is 2.81. The Bertz CT molecular complexity index is 523.